The second-order valence-electron chi connectivity index (χ2n) is 2.04. The van der Waals surface area contributed by atoms with Crippen molar-refractivity contribution in [2.75, 3.05) is 12.5 Å². The summed E-state index contributed by atoms with van der Waals surface area (Å²) in [5.74, 6) is 0.0758. The summed E-state index contributed by atoms with van der Waals surface area (Å²) in [7, 11) is 1.74. The van der Waals surface area contributed by atoms with Gasteiger partial charge in [-0.3, -0.25) is 0 Å². The van der Waals surface area contributed by atoms with Crippen molar-refractivity contribution in [3.8, 4) is 5.75 Å². The highest BCUT2D eigenvalue weighted by Crippen LogP contribution is 2.25. The molecule has 0 saturated heterocycles. The minimum Gasteiger partial charge on any atom is -0.506 e. The number of nitrogens with one attached hydrogen (secondary N) is 2. The molecular weight excluding hydrogens is 164 g/mol. The minimum absolute atomic E-state index is 0.0758. The molecule has 0 aromatic heterocycles. The van der Waals surface area contributed by atoms with Crippen LogP contribution in [-0.4, -0.2) is 12.2 Å². The summed E-state index contributed by atoms with van der Waals surface area (Å²) >= 11 is 5.58. The number of benzene rings is 1. The Bertz CT molecular complexity index is 252. The van der Waals surface area contributed by atoms with Crippen LogP contribution in [0.4, 0.5) is 5.69 Å². The zero-order chi connectivity index (χ0) is 8.27. The maximum Gasteiger partial charge on any atom is 0.136 e. The van der Waals surface area contributed by atoms with Gasteiger partial charge in [-0.1, -0.05) is 11.6 Å². The monoisotopic (exact) mass is 172 g/mol. The summed E-state index contributed by atoms with van der Waals surface area (Å²) < 4.78 is 0. The SMILES string of the molecule is CNNc1ccc(Cl)c(O)c1. The van der Waals surface area contributed by atoms with Crippen LogP contribution in [0.5, 0.6) is 5.75 Å². The van der Waals surface area contributed by atoms with Crippen LogP contribution in [0.25, 0.3) is 0 Å². The molecule has 1 aromatic carbocycles. The van der Waals surface area contributed by atoms with Crippen LogP contribution in [0, 0.1) is 0 Å². The number of hydrogen-bond donors (Lipinski definition) is 3. The first kappa shape index (κ1) is 8.17. The van der Waals surface area contributed by atoms with Gasteiger partial charge >= 0.3 is 0 Å². The molecule has 3 nitrogen and oxygen atoms in total. The molecule has 11 heavy (non-hydrogen) atoms. The molecule has 1 aromatic rings. The summed E-state index contributed by atoms with van der Waals surface area (Å²) in [5, 5.41) is 9.48. The first-order valence-electron chi connectivity index (χ1n) is 3.15. The molecule has 0 aliphatic rings. The molecule has 0 spiro atoms. The number of phenols is 1. The maximum atomic E-state index is 9.13. The highest BCUT2D eigenvalue weighted by Gasteiger charge is 1.97. The first-order valence-corrected chi connectivity index (χ1v) is 3.53. The molecule has 0 radical (unpaired) electrons. The van der Waals surface area contributed by atoms with Crippen molar-refractivity contribution in [1.29, 1.82) is 0 Å². The Morgan fingerprint density at radius 3 is 2.73 bits per heavy atom. The lowest BCUT2D eigenvalue weighted by molar-refractivity contribution is 0.476. The van der Waals surface area contributed by atoms with E-state index in [1.807, 2.05) is 0 Å². The van der Waals surface area contributed by atoms with Crippen LogP contribution in [0.2, 0.25) is 5.02 Å². The van der Waals surface area contributed by atoms with Gasteiger partial charge in [-0.15, -0.1) is 0 Å². The van der Waals surface area contributed by atoms with E-state index in [1.165, 1.54) is 0 Å². The van der Waals surface area contributed by atoms with Crippen LogP contribution < -0.4 is 10.9 Å². The number of phenolic OH excluding ortho intramolecular Hbond substituents is 1. The highest BCUT2D eigenvalue weighted by atomic mass is 35.5. The molecule has 0 heterocycles. The fourth-order valence-electron chi connectivity index (χ4n) is 0.735. The van der Waals surface area contributed by atoms with Crippen LogP contribution in [-0.2, 0) is 0 Å². The van der Waals surface area contributed by atoms with E-state index >= 15 is 0 Å². The van der Waals surface area contributed by atoms with E-state index in [1.54, 1.807) is 25.2 Å². The topological polar surface area (TPSA) is 44.3 Å². The third-order valence-corrected chi connectivity index (χ3v) is 1.54. The van der Waals surface area contributed by atoms with Gasteiger partial charge in [-0.05, 0) is 12.1 Å². The van der Waals surface area contributed by atoms with Gasteiger partial charge < -0.3 is 10.5 Å². The molecule has 4 heteroatoms. The van der Waals surface area contributed by atoms with Gasteiger partial charge in [0.05, 0.1) is 10.7 Å². The minimum atomic E-state index is 0.0758. The van der Waals surface area contributed by atoms with Gasteiger partial charge in [-0.25, -0.2) is 5.43 Å². The Kier molecular flexibility index (Phi) is 2.57. The predicted molar refractivity (Wildman–Crippen MR) is 45.8 cm³/mol. The molecule has 0 fully saturated rings. The van der Waals surface area contributed by atoms with Crippen molar-refractivity contribution >= 4 is 17.3 Å². The van der Waals surface area contributed by atoms with E-state index in [0.29, 0.717) is 5.02 Å². The average Bonchev–Trinajstić information content (AvgIpc) is 1.98. The zero-order valence-corrected chi connectivity index (χ0v) is 6.81. The maximum absolute atomic E-state index is 9.13. The number of halogens is 1. The molecule has 1 rings (SSSR count). The summed E-state index contributed by atoms with van der Waals surface area (Å²) in [5.41, 5.74) is 6.31. The van der Waals surface area contributed by atoms with E-state index in [4.69, 9.17) is 16.7 Å². The van der Waals surface area contributed by atoms with Crippen LogP contribution in [0.15, 0.2) is 18.2 Å². The van der Waals surface area contributed by atoms with Crippen molar-refractivity contribution in [2.24, 2.45) is 0 Å². The summed E-state index contributed by atoms with van der Waals surface area (Å²) in [6.07, 6.45) is 0. The second kappa shape index (κ2) is 3.46. The quantitative estimate of drug-likeness (QED) is 0.594. The first-order chi connectivity index (χ1) is 5.24. The number of hydrogen-bond acceptors (Lipinski definition) is 3. The third kappa shape index (κ3) is 2.00. The van der Waals surface area contributed by atoms with E-state index in [9.17, 15) is 0 Å². The fourth-order valence-corrected chi connectivity index (χ4v) is 0.852. The lowest BCUT2D eigenvalue weighted by atomic mass is 10.3. The summed E-state index contributed by atoms with van der Waals surface area (Å²) in [6.45, 7) is 0. The van der Waals surface area contributed by atoms with Crippen molar-refractivity contribution in [2.45, 2.75) is 0 Å². The Hall–Kier alpha value is -0.930. The van der Waals surface area contributed by atoms with E-state index in [0.717, 1.165) is 5.69 Å². The number of rotatable bonds is 2. The van der Waals surface area contributed by atoms with E-state index in [2.05, 4.69) is 10.9 Å². The predicted octanol–water partition coefficient (Wildman–Crippen LogP) is 1.59. The smallest absolute Gasteiger partial charge is 0.136 e. The van der Waals surface area contributed by atoms with Gasteiger partial charge in [0.25, 0.3) is 0 Å². The van der Waals surface area contributed by atoms with E-state index < -0.39 is 0 Å². The molecule has 0 aliphatic heterocycles. The molecule has 0 bridgehead atoms. The fraction of sp³-hybridized carbons (Fsp3) is 0.143. The molecule has 0 aliphatic carbocycles. The van der Waals surface area contributed by atoms with Gasteiger partial charge in [0.1, 0.15) is 5.75 Å². The van der Waals surface area contributed by atoms with Gasteiger partial charge in [0, 0.05) is 13.1 Å². The number of aromatic hydroxyl groups is 1. The lowest BCUT2D eigenvalue weighted by Crippen LogP contribution is -2.14. The Labute approximate surface area is 70.0 Å². The van der Waals surface area contributed by atoms with Crippen molar-refractivity contribution < 1.29 is 5.11 Å². The molecule has 3 N–H and O–H groups in total. The van der Waals surface area contributed by atoms with Gasteiger partial charge in [0.15, 0.2) is 0 Å². The highest BCUT2D eigenvalue weighted by molar-refractivity contribution is 6.32. The molecule has 0 amide bonds. The number of anilines is 1. The van der Waals surface area contributed by atoms with Crippen LogP contribution >= 0.6 is 11.6 Å². The number of hydrazine groups is 1. The van der Waals surface area contributed by atoms with Gasteiger partial charge in [-0.2, -0.15) is 0 Å². The lowest BCUT2D eigenvalue weighted by Gasteiger charge is -2.04. The Balaban J connectivity index is 2.86. The Morgan fingerprint density at radius 1 is 1.45 bits per heavy atom. The Morgan fingerprint density at radius 2 is 2.18 bits per heavy atom. The standard InChI is InChI=1S/C7H9ClN2O/c1-9-10-5-2-3-6(8)7(11)4-5/h2-4,9-11H,1H3. The largest absolute Gasteiger partial charge is 0.506 e. The van der Waals surface area contributed by atoms with Crippen molar-refractivity contribution in [3.63, 3.8) is 0 Å². The van der Waals surface area contributed by atoms with Crippen molar-refractivity contribution in [3.05, 3.63) is 23.2 Å². The van der Waals surface area contributed by atoms with Crippen LogP contribution in [0.1, 0.15) is 0 Å². The second-order valence-corrected chi connectivity index (χ2v) is 2.45. The van der Waals surface area contributed by atoms with Crippen LogP contribution in [0.3, 0.4) is 0 Å². The van der Waals surface area contributed by atoms with Gasteiger partial charge in [0.2, 0.25) is 0 Å². The summed E-state index contributed by atoms with van der Waals surface area (Å²) in [4.78, 5) is 0. The molecule has 0 unspecified atom stereocenters. The molecule has 0 atom stereocenters. The molecule has 60 valence electrons. The summed E-state index contributed by atoms with van der Waals surface area (Å²) in [6, 6.07) is 4.92. The molecular formula is C7H9ClN2O. The third-order valence-electron chi connectivity index (χ3n) is 1.22. The van der Waals surface area contributed by atoms with E-state index in [-0.39, 0.29) is 5.75 Å². The zero-order valence-electron chi connectivity index (χ0n) is 6.06. The molecule has 0 saturated carbocycles. The van der Waals surface area contributed by atoms with Crippen molar-refractivity contribution in [1.82, 2.24) is 5.43 Å². The average molecular weight is 173 g/mol. The normalized spacial score (nSPS) is 9.64.